The lowest BCUT2D eigenvalue weighted by atomic mass is 9.70. The first-order chi connectivity index (χ1) is 15.9. The summed E-state index contributed by atoms with van der Waals surface area (Å²) in [5.74, 6) is 0.344. The van der Waals surface area contributed by atoms with Crippen LogP contribution in [-0.2, 0) is 4.74 Å². The highest BCUT2D eigenvalue weighted by Crippen LogP contribution is 2.46. The lowest BCUT2D eigenvalue weighted by Gasteiger charge is -2.40. The van der Waals surface area contributed by atoms with Gasteiger partial charge in [0.1, 0.15) is 5.75 Å². The maximum Gasteiger partial charge on any atom is 0.573 e. The molecule has 6 nitrogen and oxygen atoms in total. The van der Waals surface area contributed by atoms with Crippen LogP contribution >= 0.6 is 0 Å². The number of aromatic nitrogens is 2. The van der Waals surface area contributed by atoms with Gasteiger partial charge in [-0.1, -0.05) is 20.8 Å². The number of anilines is 2. The van der Waals surface area contributed by atoms with Crippen molar-refractivity contribution in [3.63, 3.8) is 0 Å². The average Bonchev–Trinajstić information content (AvgIpc) is 3.09. The Hall–Kier alpha value is -3.23. The van der Waals surface area contributed by atoms with Gasteiger partial charge in [0, 0.05) is 11.7 Å². The Morgan fingerprint density at radius 1 is 1.15 bits per heavy atom. The fourth-order valence-corrected chi connectivity index (χ4v) is 5.16. The fourth-order valence-electron chi connectivity index (χ4n) is 5.16. The number of imidazole rings is 1. The minimum Gasteiger partial charge on any atom is -0.465 e. The molecule has 1 unspecified atom stereocenters. The van der Waals surface area contributed by atoms with E-state index in [2.05, 4.69) is 35.4 Å². The zero-order valence-corrected chi connectivity index (χ0v) is 19.6. The normalized spacial score (nSPS) is 20.2. The number of carbonyl (C=O) groups is 1. The molecule has 182 valence electrons. The van der Waals surface area contributed by atoms with Crippen molar-refractivity contribution in [1.29, 1.82) is 0 Å². The number of nitrogens with one attached hydrogen (secondary N) is 1. The quantitative estimate of drug-likeness (QED) is 0.409. The molecule has 1 aromatic heterocycles. The van der Waals surface area contributed by atoms with Crippen LogP contribution in [-0.4, -0.2) is 29.0 Å². The van der Waals surface area contributed by atoms with E-state index >= 15 is 0 Å². The molecule has 4 rings (SSSR count). The standard InChI is InChI=1S/C25H28F3N3O3/c1-15-11-18(14-24(2,3)13-15)31-21-12-16(22(32)33-4)5-10-20(21)30-23(31)29-17-6-8-19(9-7-17)34-25(26,27)28/h5-10,12,15,18H,11,13-14H2,1-4H3,(H,29,30)/t15?,18-/m0/s1. The molecule has 0 saturated heterocycles. The predicted molar refractivity (Wildman–Crippen MR) is 123 cm³/mol. The lowest BCUT2D eigenvalue weighted by Crippen LogP contribution is -2.29. The molecule has 1 heterocycles. The maximum atomic E-state index is 12.5. The highest BCUT2D eigenvalue weighted by atomic mass is 19.4. The second-order valence-corrected chi connectivity index (χ2v) is 9.76. The van der Waals surface area contributed by atoms with E-state index in [1.165, 1.54) is 31.4 Å². The summed E-state index contributed by atoms with van der Waals surface area (Å²) in [7, 11) is 1.34. The van der Waals surface area contributed by atoms with Gasteiger partial charge >= 0.3 is 12.3 Å². The van der Waals surface area contributed by atoms with Crippen LogP contribution in [0.15, 0.2) is 42.5 Å². The highest BCUT2D eigenvalue weighted by molar-refractivity contribution is 5.94. The SMILES string of the molecule is COC(=O)c1ccc2nc(Nc3ccc(OC(F)(F)F)cc3)n([C@H]3CC(C)CC(C)(C)C3)c2c1. The molecular weight excluding hydrogens is 447 g/mol. The van der Waals surface area contributed by atoms with Gasteiger partial charge in [0.05, 0.1) is 23.7 Å². The molecule has 1 fully saturated rings. The number of hydrogen-bond donors (Lipinski definition) is 1. The molecule has 3 aromatic rings. The van der Waals surface area contributed by atoms with Crippen molar-refractivity contribution in [2.24, 2.45) is 11.3 Å². The van der Waals surface area contributed by atoms with E-state index in [0.717, 1.165) is 24.8 Å². The summed E-state index contributed by atoms with van der Waals surface area (Å²) in [5, 5.41) is 3.25. The third kappa shape index (κ3) is 5.29. The summed E-state index contributed by atoms with van der Waals surface area (Å²) in [6.45, 7) is 6.74. The van der Waals surface area contributed by atoms with Gasteiger partial charge in [-0.25, -0.2) is 9.78 Å². The van der Waals surface area contributed by atoms with Crippen LogP contribution in [0.5, 0.6) is 5.75 Å². The minimum atomic E-state index is -4.75. The Morgan fingerprint density at radius 3 is 2.47 bits per heavy atom. The fraction of sp³-hybridized carbons (Fsp3) is 0.440. The summed E-state index contributed by atoms with van der Waals surface area (Å²) < 4.78 is 48.4. The van der Waals surface area contributed by atoms with E-state index in [-0.39, 0.29) is 17.2 Å². The topological polar surface area (TPSA) is 65.4 Å². The van der Waals surface area contributed by atoms with E-state index in [1.54, 1.807) is 18.2 Å². The number of alkyl halides is 3. The smallest absolute Gasteiger partial charge is 0.465 e. The number of rotatable bonds is 5. The first kappa shape index (κ1) is 23.9. The number of esters is 1. The Balaban J connectivity index is 1.75. The highest BCUT2D eigenvalue weighted by Gasteiger charge is 2.35. The average molecular weight is 476 g/mol. The number of methoxy groups -OCH3 is 1. The third-order valence-corrected chi connectivity index (χ3v) is 6.18. The van der Waals surface area contributed by atoms with Crippen molar-refractivity contribution in [3.8, 4) is 5.75 Å². The maximum absolute atomic E-state index is 12.5. The number of fused-ring (bicyclic) bond motifs is 1. The van der Waals surface area contributed by atoms with Crippen molar-refractivity contribution in [2.45, 2.75) is 52.4 Å². The molecule has 1 N–H and O–H groups in total. The van der Waals surface area contributed by atoms with Crippen LogP contribution in [0.2, 0.25) is 0 Å². The molecular formula is C25H28F3N3O3. The van der Waals surface area contributed by atoms with E-state index in [1.807, 2.05) is 0 Å². The molecule has 0 radical (unpaired) electrons. The molecule has 0 amide bonds. The number of carbonyl (C=O) groups excluding carboxylic acids is 1. The number of benzene rings is 2. The minimum absolute atomic E-state index is 0.131. The number of ether oxygens (including phenoxy) is 2. The van der Waals surface area contributed by atoms with Gasteiger partial charge in [-0.2, -0.15) is 0 Å². The molecule has 0 aliphatic heterocycles. The molecule has 1 saturated carbocycles. The van der Waals surface area contributed by atoms with Crippen molar-refractivity contribution >= 4 is 28.6 Å². The summed E-state index contributed by atoms with van der Waals surface area (Å²) >= 11 is 0. The monoisotopic (exact) mass is 475 g/mol. The van der Waals surface area contributed by atoms with Crippen LogP contribution < -0.4 is 10.1 Å². The summed E-state index contributed by atoms with van der Waals surface area (Å²) in [4.78, 5) is 16.9. The molecule has 1 aliphatic carbocycles. The van der Waals surface area contributed by atoms with Crippen LogP contribution in [0.4, 0.5) is 24.8 Å². The van der Waals surface area contributed by atoms with Gasteiger partial charge < -0.3 is 19.4 Å². The van der Waals surface area contributed by atoms with E-state index in [4.69, 9.17) is 9.72 Å². The Labute approximate surface area is 196 Å². The lowest BCUT2D eigenvalue weighted by molar-refractivity contribution is -0.274. The third-order valence-electron chi connectivity index (χ3n) is 6.18. The van der Waals surface area contributed by atoms with Gasteiger partial charge in [0.2, 0.25) is 5.95 Å². The Kier molecular flexibility index (Phi) is 6.22. The summed E-state index contributed by atoms with van der Waals surface area (Å²) in [5.41, 5.74) is 2.65. The molecule has 0 bridgehead atoms. The Bertz CT molecular complexity index is 1190. The first-order valence-electron chi connectivity index (χ1n) is 11.2. The number of nitrogens with zero attached hydrogens (tertiary/aromatic N) is 2. The molecule has 0 spiro atoms. The zero-order valence-electron chi connectivity index (χ0n) is 19.6. The van der Waals surface area contributed by atoms with Gasteiger partial charge in [0.25, 0.3) is 0 Å². The van der Waals surface area contributed by atoms with E-state index < -0.39 is 12.3 Å². The van der Waals surface area contributed by atoms with E-state index in [9.17, 15) is 18.0 Å². The molecule has 2 aromatic carbocycles. The number of halogens is 3. The largest absolute Gasteiger partial charge is 0.573 e. The predicted octanol–water partition coefficient (Wildman–Crippen LogP) is 6.85. The van der Waals surface area contributed by atoms with Crippen molar-refractivity contribution < 1.29 is 27.4 Å². The van der Waals surface area contributed by atoms with Crippen LogP contribution in [0, 0.1) is 11.3 Å². The molecule has 1 aliphatic rings. The van der Waals surface area contributed by atoms with Gasteiger partial charge in [0.15, 0.2) is 0 Å². The number of hydrogen-bond acceptors (Lipinski definition) is 5. The zero-order chi connectivity index (χ0) is 24.7. The van der Waals surface area contributed by atoms with Gasteiger partial charge in [-0.05, 0) is 73.1 Å². The summed E-state index contributed by atoms with van der Waals surface area (Å²) in [6.07, 6.45) is -1.75. The first-order valence-corrected chi connectivity index (χ1v) is 11.2. The molecule has 2 atom stereocenters. The van der Waals surface area contributed by atoms with Crippen molar-refractivity contribution in [1.82, 2.24) is 9.55 Å². The van der Waals surface area contributed by atoms with Gasteiger partial charge in [-0.15, -0.1) is 13.2 Å². The second-order valence-electron chi connectivity index (χ2n) is 9.76. The van der Waals surface area contributed by atoms with Gasteiger partial charge in [-0.3, -0.25) is 0 Å². The van der Waals surface area contributed by atoms with Crippen LogP contribution in [0.25, 0.3) is 11.0 Å². The van der Waals surface area contributed by atoms with Crippen LogP contribution in [0.1, 0.15) is 56.4 Å². The van der Waals surface area contributed by atoms with Crippen molar-refractivity contribution in [2.75, 3.05) is 12.4 Å². The van der Waals surface area contributed by atoms with Crippen molar-refractivity contribution in [3.05, 3.63) is 48.0 Å². The van der Waals surface area contributed by atoms with Crippen LogP contribution in [0.3, 0.4) is 0 Å². The molecule has 9 heteroatoms. The Morgan fingerprint density at radius 2 is 1.85 bits per heavy atom. The summed E-state index contributed by atoms with van der Waals surface area (Å²) in [6, 6.07) is 10.9. The second kappa shape index (κ2) is 8.85. The van der Waals surface area contributed by atoms with E-state index in [0.29, 0.717) is 28.6 Å². The molecule has 34 heavy (non-hydrogen) atoms.